The number of hydrogen-bond donors (Lipinski definition) is 2. The van der Waals surface area contributed by atoms with Crippen LogP contribution >= 0.6 is 0 Å². The van der Waals surface area contributed by atoms with Gasteiger partial charge in [-0.25, -0.2) is 0 Å². The highest BCUT2D eigenvalue weighted by atomic mass is 16.5. The van der Waals surface area contributed by atoms with Crippen molar-refractivity contribution in [3.63, 3.8) is 0 Å². The molecule has 15 heavy (non-hydrogen) atoms. The molecule has 3 heterocycles. The molecule has 2 N–H and O–H groups in total. The third kappa shape index (κ3) is 1.35. The van der Waals surface area contributed by atoms with Crippen molar-refractivity contribution in [3.05, 3.63) is 23.1 Å². The van der Waals surface area contributed by atoms with Crippen LogP contribution < -0.4 is 5.32 Å². The Morgan fingerprint density at radius 3 is 3.20 bits per heavy atom. The maximum absolute atomic E-state index is 5.06. The number of nitrogens with zero attached hydrogens (tertiary/aromatic N) is 2. The second-order valence-corrected chi connectivity index (χ2v) is 3.78. The molecule has 1 aliphatic rings. The number of aryl methyl sites for hydroxylation is 1. The molecule has 0 unspecified atom stereocenters. The topological polar surface area (TPSA) is 66.7 Å². The number of nitrogens with one attached hydrogen (secondary N) is 2. The molecule has 5 nitrogen and oxygen atoms in total. The first kappa shape index (κ1) is 8.67. The molecule has 78 valence electrons. The van der Waals surface area contributed by atoms with Crippen molar-refractivity contribution in [3.8, 4) is 11.4 Å². The molecular formula is C10H12N4O. The summed E-state index contributed by atoms with van der Waals surface area (Å²) in [5.74, 6) is 0.815. The number of aromatic amines is 1. The van der Waals surface area contributed by atoms with Gasteiger partial charge in [0.1, 0.15) is 17.1 Å². The second kappa shape index (κ2) is 3.20. The lowest BCUT2D eigenvalue weighted by Gasteiger charge is -2.11. The third-order valence-corrected chi connectivity index (χ3v) is 2.68. The van der Waals surface area contributed by atoms with Crippen LogP contribution in [-0.2, 0) is 13.0 Å². The van der Waals surface area contributed by atoms with Gasteiger partial charge in [0, 0.05) is 18.2 Å². The molecule has 0 fully saturated rings. The smallest absolute Gasteiger partial charge is 0.134 e. The van der Waals surface area contributed by atoms with Crippen LogP contribution in [0.15, 0.2) is 10.6 Å². The van der Waals surface area contributed by atoms with E-state index in [1.54, 1.807) is 0 Å². The van der Waals surface area contributed by atoms with Gasteiger partial charge in [-0.1, -0.05) is 5.16 Å². The second-order valence-electron chi connectivity index (χ2n) is 3.78. The molecule has 0 bridgehead atoms. The van der Waals surface area contributed by atoms with Crippen LogP contribution in [0.1, 0.15) is 17.0 Å². The molecule has 5 heteroatoms. The van der Waals surface area contributed by atoms with Crippen molar-refractivity contribution in [2.45, 2.75) is 19.9 Å². The minimum Gasteiger partial charge on any atom is -0.361 e. The van der Waals surface area contributed by atoms with Crippen molar-refractivity contribution < 1.29 is 4.52 Å². The fraction of sp³-hybridized carbons (Fsp3) is 0.400. The maximum atomic E-state index is 5.06. The zero-order valence-corrected chi connectivity index (χ0v) is 8.50. The van der Waals surface area contributed by atoms with Crippen LogP contribution in [0.3, 0.4) is 0 Å². The summed E-state index contributed by atoms with van der Waals surface area (Å²) >= 11 is 0. The van der Waals surface area contributed by atoms with Crippen LogP contribution in [0, 0.1) is 6.92 Å². The Labute approximate surface area is 86.9 Å². The van der Waals surface area contributed by atoms with Crippen molar-refractivity contribution in [1.29, 1.82) is 0 Å². The zero-order chi connectivity index (χ0) is 10.3. The highest BCUT2D eigenvalue weighted by Crippen LogP contribution is 2.25. The highest BCUT2D eigenvalue weighted by Gasteiger charge is 2.19. The number of rotatable bonds is 1. The van der Waals surface area contributed by atoms with Gasteiger partial charge in [0.25, 0.3) is 0 Å². The first-order chi connectivity index (χ1) is 7.34. The molecule has 0 aliphatic carbocycles. The summed E-state index contributed by atoms with van der Waals surface area (Å²) in [6.07, 6.45) is 0.993. The van der Waals surface area contributed by atoms with E-state index >= 15 is 0 Å². The summed E-state index contributed by atoms with van der Waals surface area (Å²) in [6.45, 7) is 3.74. The first-order valence-corrected chi connectivity index (χ1v) is 5.05. The van der Waals surface area contributed by atoms with E-state index in [-0.39, 0.29) is 0 Å². The summed E-state index contributed by atoms with van der Waals surface area (Å²) in [5.41, 5.74) is 4.19. The molecule has 0 saturated heterocycles. The molecule has 0 radical (unpaired) electrons. The van der Waals surface area contributed by atoms with E-state index in [0.29, 0.717) is 0 Å². The van der Waals surface area contributed by atoms with Gasteiger partial charge in [0.15, 0.2) is 0 Å². The van der Waals surface area contributed by atoms with Crippen molar-refractivity contribution in [2.75, 3.05) is 6.54 Å². The average molecular weight is 204 g/mol. The lowest BCUT2D eigenvalue weighted by Crippen LogP contribution is -2.23. The SMILES string of the molecule is Cc1cc(-c2n[nH]c3c2CCNC3)no1. The fourth-order valence-electron chi connectivity index (χ4n) is 1.93. The molecule has 0 spiro atoms. The summed E-state index contributed by atoms with van der Waals surface area (Å²) < 4.78 is 5.06. The Bertz CT molecular complexity index is 485. The normalized spacial score (nSPS) is 15.3. The zero-order valence-electron chi connectivity index (χ0n) is 8.50. The number of aromatic nitrogens is 3. The van der Waals surface area contributed by atoms with Gasteiger partial charge >= 0.3 is 0 Å². The Morgan fingerprint density at radius 1 is 1.47 bits per heavy atom. The Kier molecular flexibility index (Phi) is 1.85. The van der Waals surface area contributed by atoms with Crippen LogP contribution in [0.4, 0.5) is 0 Å². The van der Waals surface area contributed by atoms with Crippen LogP contribution in [-0.4, -0.2) is 21.9 Å². The molecule has 2 aromatic rings. The standard InChI is InChI=1S/C10H12N4O/c1-6-4-8(14-15-6)10-7-2-3-11-5-9(7)12-13-10/h4,11H,2-3,5H2,1H3,(H,12,13). The van der Waals surface area contributed by atoms with Crippen molar-refractivity contribution >= 4 is 0 Å². The third-order valence-electron chi connectivity index (χ3n) is 2.68. The van der Waals surface area contributed by atoms with E-state index < -0.39 is 0 Å². The molecule has 0 aromatic carbocycles. The van der Waals surface area contributed by atoms with Gasteiger partial charge in [-0.05, 0) is 19.9 Å². The molecule has 3 rings (SSSR count). The van der Waals surface area contributed by atoms with E-state index in [1.807, 2.05) is 13.0 Å². The Balaban J connectivity index is 2.08. The predicted molar refractivity (Wildman–Crippen MR) is 54.2 cm³/mol. The van der Waals surface area contributed by atoms with E-state index in [1.165, 1.54) is 5.56 Å². The van der Waals surface area contributed by atoms with E-state index in [9.17, 15) is 0 Å². The maximum Gasteiger partial charge on any atom is 0.134 e. The molecule has 1 aliphatic heterocycles. The lowest BCUT2D eigenvalue weighted by molar-refractivity contribution is 0.399. The fourth-order valence-corrected chi connectivity index (χ4v) is 1.93. The Hall–Kier alpha value is -1.62. The van der Waals surface area contributed by atoms with Gasteiger partial charge in [-0.15, -0.1) is 0 Å². The monoisotopic (exact) mass is 204 g/mol. The molecule has 0 atom stereocenters. The van der Waals surface area contributed by atoms with Crippen LogP contribution in [0.2, 0.25) is 0 Å². The molecule has 0 saturated carbocycles. The average Bonchev–Trinajstić information content (AvgIpc) is 2.83. The summed E-state index contributed by atoms with van der Waals surface area (Å²) in [7, 11) is 0. The van der Waals surface area contributed by atoms with Gasteiger partial charge < -0.3 is 9.84 Å². The summed E-state index contributed by atoms with van der Waals surface area (Å²) in [4.78, 5) is 0. The van der Waals surface area contributed by atoms with Crippen LogP contribution in [0.25, 0.3) is 11.4 Å². The molecule has 0 amide bonds. The number of hydrogen-bond acceptors (Lipinski definition) is 4. The van der Waals surface area contributed by atoms with E-state index in [4.69, 9.17) is 4.52 Å². The summed E-state index contributed by atoms with van der Waals surface area (Å²) in [6, 6.07) is 1.92. The van der Waals surface area contributed by atoms with Gasteiger partial charge in [-0.3, -0.25) is 5.10 Å². The van der Waals surface area contributed by atoms with Gasteiger partial charge in [0.2, 0.25) is 0 Å². The van der Waals surface area contributed by atoms with Gasteiger partial charge in [-0.2, -0.15) is 5.10 Å². The molecule has 2 aromatic heterocycles. The number of fused-ring (bicyclic) bond motifs is 1. The summed E-state index contributed by atoms with van der Waals surface area (Å²) in [5, 5.41) is 14.6. The quantitative estimate of drug-likeness (QED) is 0.727. The Morgan fingerprint density at radius 2 is 2.40 bits per heavy atom. The number of H-pyrrole nitrogens is 1. The van der Waals surface area contributed by atoms with E-state index in [2.05, 4.69) is 20.7 Å². The van der Waals surface area contributed by atoms with Crippen LogP contribution in [0.5, 0.6) is 0 Å². The van der Waals surface area contributed by atoms with Crippen molar-refractivity contribution in [2.24, 2.45) is 0 Å². The predicted octanol–water partition coefficient (Wildman–Crippen LogP) is 1.02. The van der Waals surface area contributed by atoms with E-state index in [0.717, 1.165) is 42.4 Å². The highest BCUT2D eigenvalue weighted by molar-refractivity contribution is 5.60. The molecular weight excluding hydrogens is 192 g/mol. The lowest BCUT2D eigenvalue weighted by atomic mass is 10.0. The van der Waals surface area contributed by atoms with Gasteiger partial charge in [0.05, 0.1) is 5.69 Å². The largest absolute Gasteiger partial charge is 0.361 e. The minimum absolute atomic E-state index is 0.815. The van der Waals surface area contributed by atoms with Crippen molar-refractivity contribution in [1.82, 2.24) is 20.7 Å². The minimum atomic E-state index is 0.815. The first-order valence-electron chi connectivity index (χ1n) is 5.05.